The Bertz CT molecular complexity index is 1080. The average molecular weight is 436 g/mol. The summed E-state index contributed by atoms with van der Waals surface area (Å²) in [5.74, 6) is -0.388. The number of aliphatic imine (C=N–C) groups is 2. The number of carbonyl (C=O) groups is 3. The molecule has 0 aromatic heterocycles. The van der Waals surface area contributed by atoms with E-state index in [-0.39, 0.29) is 30.4 Å². The Morgan fingerprint density at radius 2 is 1.84 bits per heavy atom. The van der Waals surface area contributed by atoms with Crippen molar-refractivity contribution in [3.8, 4) is 0 Å². The minimum absolute atomic E-state index is 0.00458. The minimum atomic E-state index is -0.678. The first kappa shape index (κ1) is 20.8. The van der Waals surface area contributed by atoms with Gasteiger partial charge in [-0.05, 0) is 24.1 Å². The van der Waals surface area contributed by atoms with Gasteiger partial charge >= 0.3 is 0 Å². The maximum Gasteiger partial charge on any atom is 0.259 e. The van der Waals surface area contributed by atoms with E-state index in [9.17, 15) is 14.4 Å². The number of para-hydroxylation sites is 1. The smallest absolute Gasteiger partial charge is 0.259 e. The van der Waals surface area contributed by atoms with Gasteiger partial charge in [-0.25, -0.2) is 9.89 Å². The maximum absolute atomic E-state index is 13.1. The first-order chi connectivity index (χ1) is 15.0. The van der Waals surface area contributed by atoms with Crippen molar-refractivity contribution in [2.45, 2.75) is 25.4 Å². The molecule has 2 aliphatic heterocycles. The highest BCUT2D eigenvalue weighted by molar-refractivity contribution is 8.14. The number of rotatable bonds is 7. The second-order valence-corrected chi connectivity index (χ2v) is 8.05. The van der Waals surface area contributed by atoms with E-state index in [2.05, 4.69) is 15.3 Å². The molecule has 3 N–H and O–H groups in total. The van der Waals surface area contributed by atoms with Crippen molar-refractivity contribution < 1.29 is 14.4 Å². The van der Waals surface area contributed by atoms with Crippen molar-refractivity contribution >= 4 is 46.2 Å². The number of hydrogen-bond acceptors (Lipinski definition) is 6. The Morgan fingerprint density at radius 3 is 2.61 bits per heavy atom. The lowest BCUT2D eigenvalue weighted by Gasteiger charge is -2.25. The van der Waals surface area contributed by atoms with E-state index in [1.165, 1.54) is 4.90 Å². The molecule has 0 radical (unpaired) electrons. The summed E-state index contributed by atoms with van der Waals surface area (Å²) in [6.07, 6.45) is 0.464. The third-order valence-electron chi connectivity index (χ3n) is 4.87. The molecule has 1 unspecified atom stereocenters. The van der Waals surface area contributed by atoms with E-state index in [4.69, 9.17) is 5.73 Å². The summed E-state index contributed by atoms with van der Waals surface area (Å²) in [6, 6.07) is 16.3. The second-order valence-electron chi connectivity index (χ2n) is 7.11. The lowest BCUT2D eigenvalue weighted by Crippen LogP contribution is -2.41. The monoisotopic (exact) mass is 435 g/mol. The van der Waals surface area contributed by atoms with Gasteiger partial charge in [0, 0.05) is 18.5 Å². The first-order valence-electron chi connectivity index (χ1n) is 9.84. The molecule has 2 aromatic rings. The van der Waals surface area contributed by atoms with E-state index in [0.29, 0.717) is 23.2 Å². The molecule has 2 heterocycles. The molecule has 4 rings (SSSR count). The van der Waals surface area contributed by atoms with Crippen LogP contribution in [-0.4, -0.2) is 45.4 Å². The van der Waals surface area contributed by atoms with Crippen LogP contribution in [0, 0.1) is 0 Å². The zero-order valence-electron chi connectivity index (χ0n) is 16.7. The van der Waals surface area contributed by atoms with Crippen LogP contribution in [0.3, 0.4) is 0 Å². The highest BCUT2D eigenvalue weighted by Crippen LogP contribution is 2.34. The molecule has 158 valence electrons. The third kappa shape index (κ3) is 4.66. The van der Waals surface area contributed by atoms with E-state index < -0.39 is 11.9 Å². The first-order valence-corrected chi connectivity index (χ1v) is 10.8. The van der Waals surface area contributed by atoms with Crippen molar-refractivity contribution in [1.82, 2.24) is 10.2 Å². The Hall–Kier alpha value is -3.46. The maximum atomic E-state index is 13.1. The quantitative estimate of drug-likeness (QED) is 0.691. The number of nitrogens with one attached hydrogen (secondary N) is 1. The van der Waals surface area contributed by atoms with Crippen molar-refractivity contribution in [3.05, 3.63) is 65.7 Å². The number of amidine groups is 2. The predicted molar refractivity (Wildman–Crippen MR) is 120 cm³/mol. The largest absolute Gasteiger partial charge is 0.369 e. The average Bonchev–Trinajstić information content (AvgIpc) is 3.12. The fraction of sp³-hybridized carbons (Fsp3) is 0.227. The van der Waals surface area contributed by atoms with Gasteiger partial charge in [-0.1, -0.05) is 54.2 Å². The van der Waals surface area contributed by atoms with Gasteiger partial charge in [0.15, 0.2) is 5.17 Å². The summed E-state index contributed by atoms with van der Waals surface area (Å²) < 4.78 is 0. The summed E-state index contributed by atoms with van der Waals surface area (Å²) in [6.45, 7) is 0.437. The Labute approximate surface area is 183 Å². The van der Waals surface area contributed by atoms with Crippen LogP contribution in [-0.2, 0) is 20.9 Å². The number of benzene rings is 2. The van der Waals surface area contributed by atoms with Crippen molar-refractivity contribution in [2.75, 3.05) is 5.75 Å². The molecule has 9 heteroatoms. The SMILES string of the molecule is NC(=O)CSC1=Nc2ccccc2C2=NC(CCC(=O)NCc3ccccc3)C(=O)N12. The molecule has 0 spiro atoms. The molecule has 1 atom stereocenters. The summed E-state index contributed by atoms with van der Waals surface area (Å²) in [5, 5.41) is 3.24. The van der Waals surface area contributed by atoms with Crippen LogP contribution in [0.2, 0.25) is 0 Å². The number of carbonyl (C=O) groups excluding carboxylic acids is 3. The predicted octanol–water partition coefficient (Wildman–Crippen LogP) is 1.96. The number of hydrogen-bond donors (Lipinski definition) is 2. The van der Waals surface area contributed by atoms with Gasteiger partial charge in [-0.15, -0.1) is 0 Å². The molecule has 31 heavy (non-hydrogen) atoms. The lowest BCUT2D eigenvalue weighted by atomic mass is 10.1. The highest BCUT2D eigenvalue weighted by atomic mass is 32.2. The summed E-state index contributed by atoms with van der Waals surface area (Å²) >= 11 is 1.10. The van der Waals surface area contributed by atoms with Crippen LogP contribution in [0.15, 0.2) is 64.6 Å². The molecule has 2 aliphatic rings. The fourth-order valence-corrected chi connectivity index (χ4v) is 4.12. The molecular weight excluding hydrogens is 414 g/mol. The van der Waals surface area contributed by atoms with Gasteiger partial charge in [0.2, 0.25) is 11.8 Å². The Balaban J connectivity index is 1.45. The van der Waals surface area contributed by atoms with Crippen molar-refractivity contribution in [1.29, 1.82) is 0 Å². The standard InChI is InChI=1S/C22H21N5O3S/c23-18(28)13-31-22-26-16-9-5-4-8-15(16)20-25-17(21(30)27(20)22)10-11-19(29)24-12-14-6-2-1-3-7-14/h1-9,17H,10-13H2,(H2,23,28)(H,24,29). The van der Waals surface area contributed by atoms with Crippen LogP contribution in [0.4, 0.5) is 5.69 Å². The number of nitrogens with two attached hydrogens (primary N) is 1. The Kier molecular flexibility index (Phi) is 6.13. The van der Waals surface area contributed by atoms with Gasteiger partial charge in [0.05, 0.1) is 11.4 Å². The number of primary amides is 1. The molecule has 0 saturated heterocycles. The van der Waals surface area contributed by atoms with Gasteiger partial charge in [-0.3, -0.25) is 19.4 Å². The van der Waals surface area contributed by atoms with Crippen LogP contribution in [0.5, 0.6) is 0 Å². The van der Waals surface area contributed by atoms with Crippen molar-refractivity contribution in [3.63, 3.8) is 0 Å². The molecule has 0 bridgehead atoms. The normalized spacial score (nSPS) is 16.8. The molecular formula is C22H21N5O3S. The molecule has 0 aliphatic carbocycles. The third-order valence-corrected chi connectivity index (χ3v) is 5.83. The zero-order chi connectivity index (χ0) is 21.8. The minimum Gasteiger partial charge on any atom is -0.369 e. The molecule has 8 nitrogen and oxygen atoms in total. The van der Waals surface area contributed by atoms with Gasteiger partial charge in [0.25, 0.3) is 5.91 Å². The summed E-state index contributed by atoms with van der Waals surface area (Å²) in [4.78, 5) is 47.1. The molecule has 2 aromatic carbocycles. The fourth-order valence-electron chi connectivity index (χ4n) is 3.38. The van der Waals surface area contributed by atoms with Gasteiger partial charge < -0.3 is 11.1 Å². The van der Waals surface area contributed by atoms with E-state index in [1.54, 1.807) is 0 Å². The Morgan fingerprint density at radius 1 is 1.10 bits per heavy atom. The van der Waals surface area contributed by atoms with Gasteiger partial charge in [0.1, 0.15) is 11.9 Å². The van der Waals surface area contributed by atoms with Crippen LogP contribution >= 0.6 is 11.8 Å². The van der Waals surface area contributed by atoms with Crippen LogP contribution < -0.4 is 11.1 Å². The van der Waals surface area contributed by atoms with Crippen LogP contribution in [0.25, 0.3) is 0 Å². The van der Waals surface area contributed by atoms with E-state index >= 15 is 0 Å². The lowest BCUT2D eigenvalue weighted by molar-refractivity contribution is -0.125. The topological polar surface area (TPSA) is 117 Å². The van der Waals surface area contributed by atoms with Crippen molar-refractivity contribution in [2.24, 2.45) is 15.7 Å². The number of thioether (sulfide) groups is 1. The zero-order valence-corrected chi connectivity index (χ0v) is 17.5. The van der Waals surface area contributed by atoms with Crippen LogP contribution in [0.1, 0.15) is 24.0 Å². The van der Waals surface area contributed by atoms with E-state index in [0.717, 1.165) is 22.9 Å². The second kappa shape index (κ2) is 9.13. The summed E-state index contributed by atoms with van der Waals surface area (Å²) in [5.41, 5.74) is 7.70. The van der Waals surface area contributed by atoms with Gasteiger partial charge in [-0.2, -0.15) is 0 Å². The van der Waals surface area contributed by atoms with E-state index in [1.807, 2.05) is 54.6 Å². The number of fused-ring (bicyclic) bond motifs is 3. The molecule has 3 amide bonds. The summed E-state index contributed by atoms with van der Waals surface area (Å²) in [7, 11) is 0. The highest BCUT2D eigenvalue weighted by Gasteiger charge is 2.41. The number of nitrogens with zero attached hydrogens (tertiary/aromatic N) is 3. The molecule has 0 saturated carbocycles. The number of amides is 3. The molecule has 0 fully saturated rings.